The Hall–Kier alpha value is -3.18. The third-order valence-electron chi connectivity index (χ3n) is 8.36. The van der Waals surface area contributed by atoms with E-state index >= 15 is 0 Å². The number of likely N-dealkylation sites (tertiary alicyclic amines) is 1. The average molecular weight is 499 g/mol. The van der Waals surface area contributed by atoms with Gasteiger partial charge in [-0.3, -0.25) is 9.18 Å². The third kappa shape index (κ3) is 4.89. The summed E-state index contributed by atoms with van der Waals surface area (Å²) in [6.45, 7) is 3.28. The van der Waals surface area contributed by atoms with Crippen LogP contribution in [0.15, 0.2) is 78.9 Å². The van der Waals surface area contributed by atoms with E-state index in [9.17, 15) is 9.18 Å². The van der Waals surface area contributed by atoms with Crippen LogP contribution in [0.5, 0.6) is 5.75 Å². The summed E-state index contributed by atoms with van der Waals surface area (Å²) in [6, 6.07) is 26.5. The number of nitrogens with zero attached hydrogens (tertiary/aromatic N) is 2. The number of hydrogen-bond acceptors (Lipinski definition) is 3. The zero-order valence-corrected chi connectivity index (χ0v) is 21.3. The minimum atomic E-state index is -0.245. The predicted molar refractivity (Wildman–Crippen MR) is 144 cm³/mol. The molecule has 3 aliphatic rings. The fourth-order valence-corrected chi connectivity index (χ4v) is 6.25. The SMILES string of the molecule is O=C(c1ccccc1)N1C(c2ccc(OCC3CCN(CCCF)C3)cc2)c2ccccc2CC12CC2. The second-order valence-electron chi connectivity index (χ2n) is 10.9. The first kappa shape index (κ1) is 24.2. The summed E-state index contributed by atoms with van der Waals surface area (Å²) in [4.78, 5) is 18.4. The summed E-state index contributed by atoms with van der Waals surface area (Å²) >= 11 is 0. The number of fused-ring (bicyclic) bond motifs is 1. The van der Waals surface area contributed by atoms with E-state index in [2.05, 4.69) is 46.2 Å². The molecule has 1 saturated heterocycles. The number of alkyl halides is 1. The molecule has 192 valence electrons. The Morgan fingerprint density at radius 1 is 0.973 bits per heavy atom. The van der Waals surface area contributed by atoms with Crippen molar-refractivity contribution in [1.29, 1.82) is 0 Å². The number of halogens is 1. The van der Waals surface area contributed by atoms with Gasteiger partial charge < -0.3 is 14.5 Å². The smallest absolute Gasteiger partial charge is 0.255 e. The van der Waals surface area contributed by atoms with Crippen LogP contribution < -0.4 is 4.74 Å². The summed E-state index contributed by atoms with van der Waals surface area (Å²) in [5.41, 5.74) is 4.33. The number of rotatable bonds is 8. The van der Waals surface area contributed by atoms with Gasteiger partial charge in [-0.2, -0.15) is 0 Å². The highest BCUT2D eigenvalue weighted by molar-refractivity contribution is 5.96. The maximum absolute atomic E-state index is 13.9. The van der Waals surface area contributed by atoms with Crippen molar-refractivity contribution >= 4 is 5.91 Å². The molecule has 2 fully saturated rings. The maximum atomic E-state index is 13.9. The van der Waals surface area contributed by atoms with E-state index in [1.54, 1.807) is 0 Å². The van der Waals surface area contributed by atoms with Crippen molar-refractivity contribution in [2.75, 3.05) is 32.9 Å². The normalized spacial score (nSPS) is 22.1. The molecule has 6 rings (SSSR count). The summed E-state index contributed by atoms with van der Waals surface area (Å²) in [6.07, 6.45) is 4.72. The molecule has 2 unspecified atom stereocenters. The van der Waals surface area contributed by atoms with Crippen molar-refractivity contribution in [3.63, 3.8) is 0 Å². The lowest BCUT2D eigenvalue weighted by Gasteiger charge is -2.44. The molecule has 2 heterocycles. The van der Waals surface area contributed by atoms with Crippen LogP contribution >= 0.6 is 0 Å². The van der Waals surface area contributed by atoms with Gasteiger partial charge in [0.2, 0.25) is 0 Å². The van der Waals surface area contributed by atoms with E-state index in [0.29, 0.717) is 18.9 Å². The number of ether oxygens (including phenoxy) is 1. The van der Waals surface area contributed by atoms with Crippen molar-refractivity contribution in [1.82, 2.24) is 9.80 Å². The number of hydrogen-bond donors (Lipinski definition) is 0. The van der Waals surface area contributed by atoms with Gasteiger partial charge in [-0.05, 0) is 79.6 Å². The maximum Gasteiger partial charge on any atom is 0.255 e. The zero-order valence-electron chi connectivity index (χ0n) is 21.3. The highest BCUT2D eigenvalue weighted by Gasteiger charge is 2.56. The van der Waals surface area contributed by atoms with Crippen molar-refractivity contribution in [3.8, 4) is 5.75 Å². The van der Waals surface area contributed by atoms with Crippen LogP contribution in [0.1, 0.15) is 58.8 Å². The Morgan fingerprint density at radius 3 is 2.49 bits per heavy atom. The van der Waals surface area contributed by atoms with E-state index in [0.717, 1.165) is 62.2 Å². The standard InChI is InChI=1S/C32H35FN2O2/c33-18-6-19-34-20-15-24(22-34)23-37-28-13-11-25(12-14-28)30-29-10-5-4-9-27(29)21-32(16-17-32)35(30)31(36)26-7-2-1-3-8-26/h1-5,7-14,24,30H,6,15-23H2. The lowest BCUT2D eigenvalue weighted by Crippen LogP contribution is -2.49. The average Bonchev–Trinajstić information content (AvgIpc) is 3.55. The molecule has 1 saturated carbocycles. The lowest BCUT2D eigenvalue weighted by molar-refractivity contribution is 0.0541. The molecule has 0 bridgehead atoms. The van der Waals surface area contributed by atoms with Gasteiger partial charge in [-0.25, -0.2) is 0 Å². The first-order valence-electron chi connectivity index (χ1n) is 13.6. The van der Waals surface area contributed by atoms with Gasteiger partial charge in [0.15, 0.2) is 0 Å². The molecule has 2 aliphatic heterocycles. The number of carbonyl (C=O) groups is 1. The fraction of sp³-hybridized carbons (Fsp3) is 0.406. The molecule has 0 N–H and O–H groups in total. The van der Waals surface area contributed by atoms with E-state index in [-0.39, 0.29) is 24.2 Å². The van der Waals surface area contributed by atoms with Gasteiger partial charge in [-0.15, -0.1) is 0 Å². The number of benzene rings is 3. The summed E-state index contributed by atoms with van der Waals surface area (Å²) in [5, 5.41) is 0. The van der Waals surface area contributed by atoms with Crippen molar-refractivity contribution < 1.29 is 13.9 Å². The Labute approximate surface area is 219 Å². The number of carbonyl (C=O) groups excluding carboxylic acids is 1. The van der Waals surface area contributed by atoms with Gasteiger partial charge in [0.25, 0.3) is 5.91 Å². The topological polar surface area (TPSA) is 32.8 Å². The first-order valence-corrected chi connectivity index (χ1v) is 13.6. The van der Waals surface area contributed by atoms with Crippen molar-refractivity contribution in [2.45, 2.75) is 43.7 Å². The van der Waals surface area contributed by atoms with E-state index in [4.69, 9.17) is 4.74 Å². The van der Waals surface area contributed by atoms with Gasteiger partial charge in [0.1, 0.15) is 5.75 Å². The summed E-state index contributed by atoms with van der Waals surface area (Å²) < 4.78 is 18.7. The molecule has 5 heteroatoms. The molecular weight excluding hydrogens is 463 g/mol. The Kier molecular flexibility index (Phi) is 6.72. The number of amides is 1. The van der Waals surface area contributed by atoms with Crippen LogP contribution in [0.2, 0.25) is 0 Å². The lowest BCUT2D eigenvalue weighted by atomic mass is 9.83. The largest absolute Gasteiger partial charge is 0.493 e. The van der Waals surface area contributed by atoms with Crippen molar-refractivity contribution in [3.05, 3.63) is 101 Å². The second-order valence-corrected chi connectivity index (χ2v) is 10.9. The monoisotopic (exact) mass is 498 g/mol. The zero-order chi connectivity index (χ0) is 25.2. The van der Waals surface area contributed by atoms with Crippen LogP contribution in [0.4, 0.5) is 4.39 Å². The highest BCUT2D eigenvalue weighted by atomic mass is 19.1. The molecule has 0 aromatic heterocycles. The Balaban J connectivity index is 1.23. The molecule has 37 heavy (non-hydrogen) atoms. The molecule has 1 spiro atoms. The summed E-state index contributed by atoms with van der Waals surface area (Å²) in [7, 11) is 0. The summed E-state index contributed by atoms with van der Waals surface area (Å²) in [5.74, 6) is 1.45. The molecular formula is C32H35FN2O2. The minimum Gasteiger partial charge on any atom is -0.493 e. The van der Waals surface area contributed by atoms with Crippen LogP contribution in [0.3, 0.4) is 0 Å². The van der Waals surface area contributed by atoms with Crippen LogP contribution in [-0.4, -0.2) is 54.2 Å². The fourth-order valence-electron chi connectivity index (χ4n) is 6.25. The molecule has 0 radical (unpaired) electrons. The Morgan fingerprint density at radius 2 is 1.73 bits per heavy atom. The van der Waals surface area contributed by atoms with E-state index in [1.165, 1.54) is 11.1 Å². The van der Waals surface area contributed by atoms with E-state index < -0.39 is 0 Å². The molecule has 1 amide bonds. The quantitative estimate of drug-likeness (QED) is 0.378. The Bertz CT molecular complexity index is 1230. The van der Waals surface area contributed by atoms with Gasteiger partial charge in [-0.1, -0.05) is 54.6 Å². The van der Waals surface area contributed by atoms with Gasteiger partial charge in [0.05, 0.1) is 19.3 Å². The van der Waals surface area contributed by atoms with Crippen LogP contribution in [0, 0.1) is 5.92 Å². The minimum absolute atomic E-state index is 0.0996. The van der Waals surface area contributed by atoms with Gasteiger partial charge >= 0.3 is 0 Å². The van der Waals surface area contributed by atoms with Crippen LogP contribution in [-0.2, 0) is 6.42 Å². The second kappa shape index (κ2) is 10.3. The molecule has 1 aliphatic carbocycles. The van der Waals surface area contributed by atoms with Crippen molar-refractivity contribution in [2.24, 2.45) is 5.92 Å². The van der Waals surface area contributed by atoms with Gasteiger partial charge in [0, 0.05) is 30.1 Å². The molecule has 3 aromatic rings. The highest BCUT2D eigenvalue weighted by Crippen LogP contribution is 2.54. The molecule has 2 atom stereocenters. The predicted octanol–water partition coefficient (Wildman–Crippen LogP) is 6.07. The first-order chi connectivity index (χ1) is 18.2. The van der Waals surface area contributed by atoms with Crippen LogP contribution in [0.25, 0.3) is 0 Å². The third-order valence-corrected chi connectivity index (χ3v) is 8.36. The molecule has 3 aromatic carbocycles. The molecule has 4 nitrogen and oxygen atoms in total. The van der Waals surface area contributed by atoms with E-state index in [1.807, 2.05) is 42.5 Å².